The number of hydrogen-bond acceptors (Lipinski definition) is 2. The smallest absolute Gasteiger partial charge is 0.307 e. The summed E-state index contributed by atoms with van der Waals surface area (Å²) in [6.45, 7) is 8.73. The minimum atomic E-state index is -0.643. The molecule has 12 heavy (non-hydrogen) atoms. The molecule has 0 bridgehead atoms. The van der Waals surface area contributed by atoms with Crippen molar-refractivity contribution < 1.29 is 9.90 Å². The Morgan fingerprint density at radius 2 is 2.17 bits per heavy atom. The molecule has 1 atom stereocenters. The summed E-state index contributed by atoms with van der Waals surface area (Å²) >= 11 is 0. The summed E-state index contributed by atoms with van der Waals surface area (Å²) in [5.74, 6) is -0.754. The molecule has 0 radical (unpaired) electrons. The zero-order chi connectivity index (χ0) is 9.56. The van der Waals surface area contributed by atoms with Crippen LogP contribution in [0.2, 0.25) is 0 Å². The van der Waals surface area contributed by atoms with Crippen molar-refractivity contribution in [3.8, 4) is 0 Å². The van der Waals surface area contributed by atoms with E-state index in [9.17, 15) is 4.79 Å². The van der Waals surface area contributed by atoms with E-state index in [2.05, 4.69) is 11.8 Å². The maximum absolute atomic E-state index is 10.4. The first-order chi connectivity index (χ1) is 5.74. The third kappa shape index (κ3) is 3.22. The lowest BCUT2D eigenvalue weighted by Crippen LogP contribution is -2.22. The molecule has 1 fully saturated rings. The number of carboxylic acids is 1. The summed E-state index contributed by atoms with van der Waals surface area (Å²) < 4.78 is 0. The normalized spacial score (nSPS) is 23.1. The van der Waals surface area contributed by atoms with Gasteiger partial charge in [-0.3, -0.25) is 4.79 Å². The molecule has 0 aliphatic carbocycles. The van der Waals surface area contributed by atoms with Gasteiger partial charge in [-0.2, -0.15) is 0 Å². The van der Waals surface area contributed by atoms with E-state index >= 15 is 0 Å². The summed E-state index contributed by atoms with van der Waals surface area (Å²) in [4.78, 5) is 12.6. The fraction of sp³-hybridized carbons (Fsp3) is 0.889. The molecule has 3 heteroatoms. The molecule has 72 valence electrons. The Balaban J connectivity index is 0.000000561. The third-order valence-electron chi connectivity index (χ3n) is 2.07. The van der Waals surface area contributed by atoms with Crippen LogP contribution in [0, 0.1) is 5.92 Å². The van der Waals surface area contributed by atoms with Gasteiger partial charge in [0, 0.05) is 6.54 Å². The van der Waals surface area contributed by atoms with Crippen LogP contribution in [0.15, 0.2) is 0 Å². The van der Waals surface area contributed by atoms with Gasteiger partial charge in [-0.1, -0.05) is 20.8 Å². The van der Waals surface area contributed by atoms with Crippen LogP contribution in [0.4, 0.5) is 0 Å². The second-order valence-corrected chi connectivity index (χ2v) is 2.72. The van der Waals surface area contributed by atoms with Gasteiger partial charge in [-0.15, -0.1) is 0 Å². The van der Waals surface area contributed by atoms with E-state index < -0.39 is 5.97 Å². The number of aliphatic carboxylic acids is 1. The molecule has 1 saturated heterocycles. The number of rotatable bonds is 2. The van der Waals surface area contributed by atoms with E-state index in [-0.39, 0.29) is 5.92 Å². The highest BCUT2D eigenvalue weighted by Gasteiger charge is 2.26. The average molecular weight is 173 g/mol. The van der Waals surface area contributed by atoms with Gasteiger partial charge in [0.2, 0.25) is 0 Å². The van der Waals surface area contributed by atoms with Crippen molar-refractivity contribution in [2.24, 2.45) is 5.92 Å². The van der Waals surface area contributed by atoms with E-state index in [0.717, 1.165) is 26.1 Å². The molecule has 0 aromatic heterocycles. The quantitative estimate of drug-likeness (QED) is 0.687. The largest absolute Gasteiger partial charge is 0.481 e. The molecule has 0 aromatic rings. The van der Waals surface area contributed by atoms with Crippen LogP contribution < -0.4 is 0 Å². The third-order valence-corrected chi connectivity index (χ3v) is 2.07. The molecule has 1 heterocycles. The van der Waals surface area contributed by atoms with Gasteiger partial charge in [0.1, 0.15) is 0 Å². The van der Waals surface area contributed by atoms with Gasteiger partial charge >= 0.3 is 5.97 Å². The Morgan fingerprint density at radius 1 is 1.58 bits per heavy atom. The van der Waals surface area contributed by atoms with Crippen LogP contribution in [0.5, 0.6) is 0 Å². The first kappa shape index (κ1) is 11.4. The van der Waals surface area contributed by atoms with E-state index in [0.29, 0.717) is 0 Å². The summed E-state index contributed by atoms with van der Waals surface area (Å²) in [6.07, 6.45) is 0.823. The monoisotopic (exact) mass is 173 g/mol. The molecule has 0 aromatic carbocycles. The van der Waals surface area contributed by atoms with Crippen molar-refractivity contribution in [3.63, 3.8) is 0 Å². The maximum Gasteiger partial charge on any atom is 0.307 e. The zero-order valence-corrected chi connectivity index (χ0v) is 8.21. The number of carboxylic acid groups (broad SMARTS) is 1. The lowest BCUT2D eigenvalue weighted by molar-refractivity contribution is -0.141. The minimum Gasteiger partial charge on any atom is -0.481 e. The Bertz CT molecular complexity index is 136. The van der Waals surface area contributed by atoms with Crippen LogP contribution in [0.1, 0.15) is 27.2 Å². The summed E-state index contributed by atoms with van der Waals surface area (Å²) in [5.41, 5.74) is 0. The van der Waals surface area contributed by atoms with Crippen molar-refractivity contribution in [1.29, 1.82) is 0 Å². The number of hydrogen-bond donors (Lipinski definition) is 1. The summed E-state index contributed by atoms with van der Waals surface area (Å²) in [7, 11) is 0. The molecule has 0 saturated carbocycles. The van der Waals surface area contributed by atoms with Crippen molar-refractivity contribution in [2.75, 3.05) is 19.6 Å². The summed E-state index contributed by atoms with van der Waals surface area (Å²) in [5, 5.41) is 8.60. The van der Waals surface area contributed by atoms with Crippen molar-refractivity contribution in [1.82, 2.24) is 4.90 Å². The molecule has 1 N–H and O–H groups in total. The predicted octanol–water partition coefficient (Wildman–Crippen LogP) is 1.44. The lowest BCUT2D eigenvalue weighted by Gasteiger charge is -2.10. The Labute approximate surface area is 74.4 Å². The molecule has 1 unspecified atom stereocenters. The van der Waals surface area contributed by atoms with Gasteiger partial charge < -0.3 is 10.0 Å². The second-order valence-electron chi connectivity index (χ2n) is 2.72. The van der Waals surface area contributed by atoms with Crippen LogP contribution in [-0.4, -0.2) is 35.6 Å². The first-order valence-electron chi connectivity index (χ1n) is 4.69. The fourth-order valence-corrected chi connectivity index (χ4v) is 1.32. The van der Waals surface area contributed by atoms with Crippen molar-refractivity contribution in [3.05, 3.63) is 0 Å². The standard InChI is InChI=1S/C7H13NO2.C2H6/c1-2-8-4-3-6(5-8)7(9)10;1-2/h6H,2-5H2,1H3,(H,9,10);1-2H3. The van der Waals surface area contributed by atoms with Crippen LogP contribution >= 0.6 is 0 Å². The number of likely N-dealkylation sites (tertiary alicyclic amines) is 1. The van der Waals surface area contributed by atoms with Crippen molar-refractivity contribution in [2.45, 2.75) is 27.2 Å². The van der Waals surface area contributed by atoms with E-state index in [1.165, 1.54) is 0 Å². The van der Waals surface area contributed by atoms with Gasteiger partial charge in [-0.05, 0) is 19.5 Å². The van der Waals surface area contributed by atoms with Gasteiger partial charge in [0.15, 0.2) is 0 Å². The van der Waals surface area contributed by atoms with Crippen LogP contribution in [0.3, 0.4) is 0 Å². The lowest BCUT2D eigenvalue weighted by atomic mass is 10.1. The van der Waals surface area contributed by atoms with Crippen LogP contribution in [0.25, 0.3) is 0 Å². The second kappa shape index (κ2) is 6.00. The van der Waals surface area contributed by atoms with Gasteiger partial charge in [-0.25, -0.2) is 0 Å². The SMILES string of the molecule is CC.CCN1CCC(C(=O)O)C1. The van der Waals surface area contributed by atoms with Gasteiger partial charge in [0.05, 0.1) is 5.92 Å². The topological polar surface area (TPSA) is 40.5 Å². The number of carbonyl (C=O) groups is 1. The molecule has 1 rings (SSSR count). The van der Waals surface area contributed by atoms with E-state index in [4.69, 9.17) is 5.11 Å². The molecule has 1 aliphatic rings. The Kier molecular flexibility index (Phi) is 5.72. The molecule has 0 amide bonds. The molecular weight excluding hydrogens is 154 g/mol. The van der Waals surface area contributed by atoms with E-state index in [1.807, 2.05) is 13.8 Å². The highest BCUT2D eigenvalue weighted by atomic mass is 16.4. The fourth-order valence-electron chi connectivity index (χ4n) is 1.32. The zero-order valence-electron chi connectivity index (χ0n) is 8.21. The minimum absolute atomic E-state index is 0.111. The highest BCUT2D eigenvalue weighted by molar-refractivity contribution is 5.70. The van der Waals surface area contributed by atoms with Crippen LogP contribution in [-0.2, 0) is 4.79 Å². The predicted molar refractivity (Wildman–Crippen MR) is 49.2 cm³/mol. The molecule has 1 aliphatic heterocycles. The molecular formula is C9H19NO2. The average Bonchev–Trinajstić information content (AvgIpc) is 2.55. The van der Waals surface area contributed by atoms with Crippen molar-refractivity contribution >= 4 is 5.97 Å². The Hall–Kier alpha value is -0.570. The molecule has 0 spiro atoms. The van der Waals surface area contributed by atoms with Gasteiger partial charge in [0.25, 0.3) is 0 Å². The number of nitrogens with zero attached hydrogens (tertiary/aromatic N) is 1. The maximum atomic E-state index is 10.4. The molecule has 3 nitrogen and oxygen atoms in total. The highest BCUT2D eigenvalue weighted by Crippen LogP contribution is 2.14. The Morgan fingerprint density at radius 3 is 2.42 bits per heavy atom. The summed E-state index contributed by atoms with van der Waals surface area (Å²) in [6, 6.07) is 0. The first-order valence-corrected chi connectivity index (χ1v) is 4.69. The van der Waals surface area contributed by atoms with E-state index in [1.54, 1.807) is 0 Å².